The standard InChI is InChI=1S/C21H15NO4/c23-18-16-10-4-5-11-17(16)25-19(14-7-2-1-3-8-14)20(18)26-21(24)15-9-6-12-22-13-15/h1-13,16-17H/t16-,17+/m0/s1. The molecule has 5 nitrogen and oxygen atoms in total. The first-order chi connectivity index (χ1) is 12.7. The van der Waals surface area contributed by atoms with Gasteiger partial charge < -0.3 is 9.47 Å². The van der Waals surface area contributed by atoms with Crippen LogP contribution in [0.3, 0.4) is 0 Å². The highest BCUT2D eigenvalue weighted by Gasteiger charge is 2.39. The van der Waals surface area contributed by atoms with Crippen molar-refractivity contribution in [3.8, 4) is 0 Å². The van der Waals surface area contributed by atoms with Gasteiger partial charge in [-0.05, 0) is 18.2 Å². The quantitative estimate of drug-likeness (QED) is 0.799. The molecule has 128 valence electrons. The topological polar surface area (TPSA) is 65.5 Å². The third kappa shape index (κ3) is 2.95. The highest BCUT2D eigenvalue weighted by atomic mass is 16.6. The van der Waals surface area contributed by atoms with Crippen molar-refractivity contribution in [1.82, 2.24) is 4.98 Å². The summed E-state index contributed by atoms with van der Waals surface area (Å²) in [5.74, 6) is -1.24. The normalized spacial score (nSPS) is 21.2. The molecule has 0 N–H and O–H groups in total. The number of pyridine rings is 1. The van der Waals surface area contributed by atoms with Crippen LogP contribution in [0, 0.1) is 5.92 Å². The van der Waals surface area contributed by atoms with Gasteiger partial charge in [0.05, 0.1) is 11.5 Å². The maximum atomic E-state index is 13.0. The lowest BCUT2D eigenvalue weighted by molar-refractivity contribution is -0.124. The van der Waals surface area contributed by atoms with Crippen molar-refractivity contribution in [2.24, 2.45) is 5.92 Å². The molecule has 0 bridgehead atoms. The fourth-order valence-corrected chi connectivity index (χ4v) is 2.91. The number of allylic oxidation sites excluding steroid dienone is 3. The van der Waals surface area contributed by atoms with Crippen molar-refractivity contribution in [2.45, 2.75) is 6.10 Å². The van der Waals surface area contributed by atoms with Gasteiger partial charge in [0.15, 0.2) is 5.76 Å². The molecule has 0 amide bonds. The number of carbonyl (C=O) groups excluding carboxylic acids is 2. The van der Waals surface area contributed by atoms with E-state index in [2.05, 4.69) is 4.98 Å². The van der Waals surface area contributed by atoms with Crippen LogP contribution in [-0.2, 0) is 14.3 Å². The minimum absolute atomic E-state index is 0.0775. The molecular weight excluding hydrogens is 330 g/mol. The minimum atomic E-state index is -0.646. The van der Waals surface area contributed by atoms with Gasteiger partial charge in [-0.25, -0.2) is 4.79 Å². The van der Waals surface area contributed by atoms with Gasteiger partial charge in [0, 0.05) is 18.0 Å². The van der Waals surface area contributed by atoms with Crippen molar-refractivity contribution in [3.63, 3.8) is 0 Å². The number of hydrogen-bond acceptors (Lipinski definition) is 5. The van der Waals surface area contributed by atoms with Gasteiger partial charge >= 0.3 is 5.97 Å². The van der Waals surface area contributed by atoms with E-state index < -0.39 is 18.0 Å². The summed E-state index contributed by atoms with van der Waals surface area (Å²) in [5, 5.41) is 0. The van der Waals surface area contributed by atoms with E-state index in [9.17, 15) is 9.59 Å². The average Bonchev–Trinajstić information content (AvgIpc) is 2.71. The molecule has 0 radical (unpaired) electrons. The number of fused-ring (bicyclic) bond motifs is 1. The highest BCUT2D eigenvalue weighted by molar-refractivity contribution is 6.06. The van der Waals surface area contributed by atoms with Crippen molar-refractivity contribution >= 4 is 17.5 Å². The Hall–Kier alpha value is -3.47. The van der Waals surface area contributed by atoms with Crippen LogP contribution in [-0.4, -0.2) is 22.8 Å². The first-order valence-corrected chi connectivity index (χ1v) is 8.22. The number of benzene rings is 1. The highest BCUT2D eigenvalue weighted by Crippen LogP contribution is 2.35. The Labute approximate surface area is 150 Å². The van der Waals surface area contributed by atoms with Crippen LogP contribution < -0.4 is 0 Å². The van der Waals surface area contributed by atoms with E-state index in [1.807, 2.05) is 42.5 Å². The van der Waals surface area contributed by atoms with E-state index in [4.69, 9.17) is 9.47 Å². The largest absolute Gasteiger partial charge is 0.481 e. The van der Waals surface area contributed by atoms with Crippen LogP contribution in [0.15, 0.2) is 84.9 Å². The Morgan fingerprint density at radius 3 is 2.62 bits per heavy atom. The van der Waals surface area contributed by atoms with Gasteiger partial charge in [0.25, 0.3) is 0 Å². The van der Waals surface area contributed by atoms with Crippen LogP contribution >= 0.6 is 0 Å². The molecule has 2 heterocycles. The third-order valence-corrected chi connectivity index (χ3v) is 4.20. The molecule has 5 heteroatoms. The molecule has 0 saturated heterocycles. The van der Waals surface area contributed by atoms with Crippen molar-refractivity contribution in [1.29, 1.82) is 0 Å². The number of carbonyl (C=O) groups is 2. The Kier molecular flexibility index (Phi) is 4.19. The molecule has 2 aromatic rings. The molecule has 0 saturated carbocycles. The van der Waals surface area contributed by atoms with Gasteiger partial charge in [0.1, 0.15) is 6.10 Å². The summed E-state index contributed by atoms with van der Waals surface area (Å²) in [4.78, 5) is 29.4. The van der Waals surface area contributed by atoms with Gasteiger partial charge in [-0.15, -0.1) is 0 Å². The van der Waals surface area contributed by atoms with Crippen LogP contribution in [0.4, 0.5) is 0 Å². The van der Waals surface area contributed by atoms with Gasteiger partial charge in [-0.1, -0.05) is 48.6 Å². The Morgan fingerprint density at radius 2 is 1.85 bits per heavy atom. The molecule has 0 unspecified atom stereocenters. The molecule has 1 aromatic carbocycles. The maximum absolute atomic E-state index is 13.0. The summed E-state index contributed by atoms with van der Waals surface area (Å²) in [5.41, 5.74) is 0.942. The molecule has 0 spiro atoms. The number of aromatic nitrogens is 1. The van der Waals surface area contributed by atoms with E-state index in [1.165, 1.54) is 6.20 Å². The van der Waals surface area contributed by atoms with E-state index in [-0.39, 0.29) is 22.9 Å². The number of ketones is 1. The van der Waals surface area contributed by atoms with Crippen LogP contribution in [0.25, 0.3) is 5.76 Å². The lowest BCUT2D eigenvalue weighted by Gasteiger charge is -2.31. The summed E-state index contributed by atoms with van der Waals surface area (Å²) in [6, 6.07) is 12.4. The lowest BCUT2D eigenvalue weighted by atomic mass is 9.89. The first-order valence-electron chi connectivity index (χ1n) is 8.22. The van der Waals surface area contributed by atoms with Gasteiger partial charge in [0.2, 0.25) is 11.5 Å². The molecule has 1 aliphatic heterocycles. The first kappa shape index (κ1) is 16.0. The van der Waals surface area contributed by atoms with Gasteiger partial charge in [-0.3, -0.25) is 9.78 Å². The van der Waals surface area contributed by atoms with Gasteiger partial charge in [-0.2, -0.15) is 0 Å². The Balaban J connectivity index is 1.76. The zero-order valence-corrected chi connectivity index (χ0v) is 13.7. The molecule has 2 atom stereocenters. The number of Topliss-reactive ketones (excluding diaryl/α,β-unsaturated/α-hetero) is 1. The molecule has 26 heavy (non-hydrogen) atoms. The summed E-state index contributed by atoms with van der Waals surface area (Å²) in [6.45, 7) is 0. The SMILES string of the molecule is O=C(OC1=C(c2ccccc2)O[C@@H]2C=CC=C[C@@H]2C1=O)c1cccnc1. The third-order valence-electron chi connectivity index (χ3n) is 4.20. The minimum Gasteiger partial charge on any atom is -0.481 e. The maximum Gasteiger partial charge on any atom is 0.345 e. The summed E-state index contributed by atoms with van der Waals surface area (Å²) in [7, 11) is 0. The van der Waals surface area contributed by atoms with Crippen LogP contribution in [0.1, 0.15) is 15.9 Å². The molecule has 1 aliphatic carbocycles. The number of rotatable bonds is 3. The molecule has 0 fully saturated rings. The summed E-state index contributed by atoms with van der Waals surface area (Å²) >= 11 is 0. The number of esters is 1. The molecule has 4 rings (SSSR count). The van der Waals surface area contributed by atoms with Crippen molar-refractivity contribution in [2.75, 3.05) is 0 Å². The zero-order chi connectivity index (χ0) is 17.9. The smallest absolute Gasteiger partial charge is 0.345 e. The summed E-state index contributed by atoms with van der Waals surface area (Å²) in [6.07, 6.45) is 9.75. The predicted molar refractivity (Wildman–Crippen MR) is 94.7 cm³/mol. The lowest BCUT2D eigenvalue weighted by Crippen LogP contribution is -2.36. The molecule has 1 aromatic heterocycles. The number of nitrogens with zero attached hydrogens (tertiary/aromatic N) is 1. The average molecular weight is 345 g/mol. The zero-order valence-electron chi connectivity index (χ0n) is 13.7. The number of hydrogen-bond donors (Lipinski definition) is 0. The monoisotopic (exact) mass is 345 g/mol. The van der Waals surface area contributed by atoms with Crippen LogP contribution in [0.2, 0.25) is 0 Å². The predicted octanol–water partition coefficient (Wildman–Crippen LogP) is 3.32. The van der Waals surface area contributed by atoms with Crippen molar-refractivity contribution in [3.05, 3.63) is 96.0 Å². The van der Waals surface area contributed by atoms with Crippen molar-refractivity contribution < 1.29 is 19.1 Å². The second-order valence-corrected chi connectivity index (χ2v) is 5.90. The molecular formula is C21H15NO4. The Bertz CT molecular complexity index is 929. The second-order valence-electron chi connectivity index (χ2n) is 5.90. The Morgan fingerprint density at radius 1 is 1.04 bits per heavy atom. The molecule has 2 aliphatic rings. The number of ether oxygens (including phenoxy) is 2. The van der Waals surface area contributed by atoms with E-state index in [0.29, 0.717) is 5.56 Å². The van der Waals surface area contributed by atoms with E-state index in [0.717, 1.165) is 0 Å². The van der Waals surface area contributed by atoms with E-state index >= 15 is 0 Å². The van der Waals surface area contributed by atoms with E-state index in [1.54, 1.807) is 30.5 Å². The fourth-order valence-electron chi connectivity index (χ4n) is 2.91. The summed E-state index contributed by atoms with van der Waals surface area (Å²) < 4.78 is 11.5. The van der Waals surface area contributed by atoms with Crippen LogP contribution in [0.5, 0.6) is 0 Å². The second kappa shape index (κ2) is 6.80. The fraction of sp³-hybridized carbons (Fsp3) is 0.0952.